The summed E-state index contributed by atoms with van der Waals surface area (Å²) in [6.45, 7) is 3.19. The molecule has 132 valence electrons. The van der Waals surface area contributed by atoms with E-state index < -0.39 is 11.9 Å². The van der Waals surface area contributed by atoms with Gasteiger partial charge < -0.3 is 10.2 Å². The lowest BCUT2D eigenvalue weighted by atomic mass is 10.0. The number of hydrogen-bond acceptors (Lipinski definition) is 4. The topological polar surface area (TPSA) is 68.5 Å². The van der Waals surface area contributed by atoms with Crippen LogP contribution in [0.4, 0.5) is 4.39 Å². The first-order valence-electron chi connectivity index (χ1n) is 7.99. The molecule has 8 heteroatoms. The minimum Gasteiger partial charge on any atom is -0.382 e. The lowest BCUT2D eigenvalue weighted by Gasteiger charge is -2.10. The third kappa shape index (κ3) is 3.99. The minimum atomic E-state index is -0.767. The van der Waals surface area contributed by atoms with E-state index in [-0.39, 0.29) is 22.9 Å². The van der Waals surface area contributed by atoms with E-state index in [0.717, 1.165) is 18.7 Å². The van der Waals surface area contributed by atoms with E-state index in [0.29, 0.717) is 12.3 Å². The molecule has 2 aromatic rings. The Hall–Kier alpha value is -2.41. The fraction of sp³-hybridized carbons (Fsp3) is 0.353. The second-order valence-corrected chi connectivity index (χ2v) is 6.18. The second kappa shape index (κ2) is 7.65. The van der Waals surface area contributed by atoms with Crippen LogP contribution in [0.15, 0.2) is 35.6 Å². The molecule has 1 unspecified atom stereocenters. The molecule has 0 saturated carbocycles. The Morgan fingerprint density at radius 3 is 3.04 bits per heavy atom. The Morgan fingerprint density at radius 1 is 1.48 bits per heavy atom. The van der Waals surface area contributed by atoms with Crippen LogP contribution < -0.4 is 5.32 Å². The minimum absolute atomic E-state index is 0.185. The first-order chi connectivity index (χ1) is 12.1. The lowest BCUT2D eigenvalue weighted by Crippen LogP contribution is -2.35. The van der Waals surface area contributed by atoms with Gasteiger partial charge in [-0.3, -0.25) is 9.48 Å². The summed E-state index contributed by atoms with van der Waals surface area (Å²) < 4.78 is 15.8. The van der Waals surface area contributed by atoms with Crippen molar-refractivity contribution < 1.29 is 14.0 Å². The highest BCUT2D eigenvalue weighted by molar-refractivity contribution is 6.34. The number of amides is 1. The Labute approximate surface area is 149 Å². The molecule has 1 aliphatic heterocycles. The average molecular weight is 365 g/mol. The van der Waals surface area contributed by atoms with Crippen LogP contribution in [-0.4, -0.2) is 34.0 Å². The number of carbonyl (C=O) groups is 1. The zero-order chi connectivity index (χ0) is 17.8. The van der Waals surface area contributed by atoms with Crippen LogP contribution >= 0.6 is 11.6 Å². The van der Waals surface area contributed by atoms with Crippen molar-refractivity contribution in [3.63, 3.8) is 0 Å². The van der Waals surface area contributed by atoms with Crippen molar-refractivity contribution in [2.24, 2.45) is 5.16 Å². The lowest BCUT2D eigenvalue weighted by molar-refractivity contribution is -0.131. The molecule has 0 bridgehead atoms. The molecule has 1 aliphatic rings. The average Bonchev–Trinajstić information content (AvgIpc) is 3.21. The maximum atomic E-state index is 13.9. The number of benzene rings is 1. The van der Waals surface area contributed by atoms with E-state index in [9.17, 15) is 9.18 Å². The van der Waals surface area contributed by atoms with Crippen molar-refractivity contribution in [2.45, 2.75) is 32.4 Å². The van der Waals surface area contributed by atoms with Crippen LogP contribution in [0.1, 0.15) is 24.1 Å². The molecule has 25 heavy (non-hydrogen) atoms. The van der Waals surface area contributed by atoms with Crippen LogP contribution in [0.5, 0.6) is 0 Å². The smallest absolute Gasteiger partial charge is 0.264 e. The highest BCUT2D eigenvalue weighted by Crippen LogP contribution is 2.25. The summed E-state index contributed by atoms with van der Waals surface area (Å²) in [6.07, 6.45) is 1.91. The van der Waals surface area contributed by atoms with E-state index >= 15 is 0 Å². The van der Waals surface area contributed by atoms with Crippen molar-refractivity contribution in [1.82, 2.24) is 15.1 Å². The third-order valence-corrected chi connectivity index (χ3v) is 4.30. The Bertz CT molecular complexity index is 785. The maximum Gasteiger partial charge on any atom is 0.264 e. The van der Waals surface area contributed by atoms with E-state index in [4.69, 9.17) is 16.4 Å². The van der Waals surface area contributed by atoms with Gasteiger partial charge in [0.05, 0.1) is 16.3 Å². The molecule has 0 saturated heterocycles. The van der Waals surface area contributed by atoms with Crippen molar-refractivity contribution in [2.75, 3.05) is 6.54 Å². The van der Waals surface area contributed by atoms with Crippen LogP contribution in [0.3, 0.4) is 0 Å². The van der Waals surface area contributed by atoms with E-state index in [1.54, 1.807) is 12.3 Å². The predicted molar refractivity (Wildman–Crippen MR) is 92.0 cm³/mol. The van der Waals surface area contributed by atoms with E-state index in [1.165, 1.54) is 12.1 Å². The van der Waals surface area contributed by atoms with Gasteiger partial charge in [-0.05, 0) is 31.5 Å². The van der Waals surface area contributed by atoms with Crippen molar-refractivity contribution >= 4 is 23.2 Å². The largest absolute Gasteiger partial charge is 0.382 e. The van der Waals surface area contributed by atoms with Gasteiger partial charge in [0.25, 0.3) is 5.91 Å². The molecule has 0 aliphatic carbocycles. The molecule has 6 nitrogen and oxygen atoms in total. The maximum absolute atomic E-state index is 13.9. The number of rotatable bonds is 6. The van der Waals surface area contributed by atoms with Gasteiger partial charge in [-0.15, -0.1) is 0 Å². The molecule has 1 aromatic heterocycles. The van der Waals surface area contributed by atoms with Crippen LogP contribution in [0, 0.1) is 12.7 Å². The number of halogens is 2. The summed E-state index contributed by atoms with van der Waals surface area (Å²) in [4.78, 5) is 17.3. The van der Waals surface area contributed by atoms with Gasteiger partial charge in [0.1, 0.15) is 5.82 Å². The first kappa shape index (κ1) is 17.4. The number of aryl methyl sites for hydroxylation is 2. The summed E-state index contributed by atoms with van der Waals surface area (Å²) >= 11 is 6.02. The molecular weight excluding hydrogens is 347 g/mol. The SMILES string of the molecule is Cc1ccnn1CCCNC(=O)C1CC(c2c(F)cccc2Cl)=NO1. The number of nitrogens with one attached hydrogen (secondary N) is 1. The van der Waals surface area contributed by atoms with E-state index in [2.05, 4.69) is 15.6 Å². The summed E-state index contributed by atoms with van der Waals surface area (Å²) in [5.41, 5.74) is 1.61. The number of nitrogens with zero attached hydrogens (tertiary/aromatic N) is 3. The van der Waals surface area contributed by atoms with Gasteiger partial charge in [-0.1, -0.05) is 22.8 Å². The van der Waals surface area contributed by atoms with Crippen molar-refractivity contribution in [1.29, 1.82) is 0 Å². The van der Waals surface area contributed by atoms with E-state index in [1.807, 2.05) is 17.7 Å². The second-order valence-electron chi connectivity index (χ2n) is 5.77. The summed E-state index contributed by atoms with van der Waals surface area (Å²) in [7, 11) is 0. The van der Waals surface area contributed by atoms with Gasteiger partial charge in [-0.2, -0.15) is 5.10 Å². The molecule has 1 N–H and O–H groups in total. The van der Waals surface area contributed by atoms with Crippen molar-refractivity contribution in [3.8, 4) is 0 Å². The monoisotopic (exact) mass is 364 g/mol. The highest BCUT2D eigenvalue weighted by Gasteiger charge is 2.30. The number of hydrogen-bond donors (Lipinski definition) is 1. The molecule has 1 amide bonds. The molecule has 3 rings (SSSR count). The summed E-state index contributed by atoms with van der Waals surface area (Å²) in [6, 6.07) is 6.32. The molecule has 2 heterocycles. The third-order valence-electron chi connectivity index (χ3n) is 3.99. The molecule has 0 radical (unpaired) electrons. The normalized spacial score (nSPS) is 16.4. The Kier molecular flexibility index (Phi) is 5.33. The molecule has 0 spiro atoms. The van der Waals surface area contributed by atoms with Crippen LogP contribution in [0.25, 0.3) is 0 Å². The molecule has 1 atom stereocenters. The van der Waals surface area contributed by atoms with Gasteiger partial charge >= 0.3 is 0 Å². The fourth-order valence-corrected chi connectivity index (χ4v) is 2.90. The van der Waals surface area contributed by atoms with Gasteiger partial charge in [0, 0.05) is 31.4 Å². The number of oxime groups is 1. The highest BCUT2D eigenvalue weighted by atomic mass is 35.5. The van der Waals surface area contributed by atoms with Gasteiger partial charge in [0.15, 0.2) is 0 Å². The fourth-order valence-electron chi connectivity index (χ4n) is 2.63. The van der Waals surface area contributed by atoms with Gasteiger partial charge in [-0.25, -0.2) is 4.39 Å². The van der Waals surface area contributed by atoms with Crippen LogP contribution in [0.2, 0.25) is 5.02 Å². The summed E-state index contributed by atoms with van der Waals surface area (Å²) in [5.74, 6) is -0.756. The summed E-state index contributed by atoms with van der Waals surface area (Å²) in [5, 5.41) is 11.1. The predicted octanol–water partition coefficient (Wildman–Crippen LogP) is 2.68. The Balaban J connectivity index is 1.48. The Morgan fingerprint density at radius 2 is 2.32 bits per heavy atom. The molecule has 0 fully saturated rings. The molecular formula is C17H18ClFN4O2. The zero-order valence-electron chi connectivity index (χ0n) is 13.7. The molecule has 1 aromatic carbocycles. The quantitative estimate of drug-likeness (QED) is 0.801. The zero-order valence-corrected chi connectivity index (χ0v) is 14.5. The number of aromatic nitrogens is 2. The van der Waals surface area contributed by atoms with Crippen molar-refractivity contribution in [3.05, 3.63) is 52.6 Å². The standard InChI is InChI=1S/C17H18ClFN4O2/c1-11-6-8-21-23(11)9-3-7-20-17(24)15-10-14(22-25-15)16-12(18)4-2-5-13(16)19/h2,4-6,8,15H,3,7,9-10H2,1H3,(H,20,24). The number of carbonyl (C=O) groups excluding carboxylic acids is 1. The van der Waals surface area contributed by atoms with Gasteiger partial charge in [0.2, 0.25) is 6.10 Å². The first-order valence-corrected chi connectivity index (χ1v) is 8.37. The van der Waals surface area contributed by atoms with Crippen LogP contribution in [-0.2, 0) is 16.2 Å².